The smallest absolute Gasteiger partial charge is 0.0552 e. The molecule has 3 heteroatoms. The van der Waals surface area contributed by atoms with E-state index in [0.29, 0.717) is 0 Å². The SMILES string of the molecule is CN(CC1(N)CC1)c1csc2ccccc12. The van der Waals surface area contributed by atoms with Crippen LogP contribution in [0.25, 0.3) is 10.1 Å². The molecule has 1 aliphatic rings. The highest BCUT2D eigenvalue weighted by Gasteiger charge is 2.39. The maximum absolute atomic E-state index is 6.16. The van der Waals surface area contributed by atoms with Gasteiger partial charge in [-0.1, -0.05) is 18.2 Å². The number of hydrogen-bond acceptors (Lipinski definition) is 3. The van der Waals surface area contributed by atoms with E-state index in [2.05, 4.69) is 41.6 Å². The summed E-state index contributed by atoms with van der Waals surface area (Å²) in [5, 5.41) is 3.58. The minimum absolute atomic E-state index is 0.0811. The fraction of sp³-hybridized carbons (Fsp3) is 0.385. The van der Waals surface area contributed by atoms with E-state index in [1.165, 1.54) is 28.6 Å². The molecule has 0 aliphatic heterocycles. The maximum atomic E-state index is 6.16. The predicted octanol–water partition coefficient (Wildman–Crippen LogP) is 2.83. The Morgan fingerprint density at radius 2 is 2.12 bits per heavy atom. The van der Waals surface area contributed by atoms with E-state index < -0.39 is 0 Å². The van der Waals surface area contributed by atoms with Gasteiger partial charge in [-0.25, -0.2) is 0 Å². The Labute approximate surface area is 99.7 Å². The summed E-state index contributed by atoms with van der Waals surface area (Å²) in [6.07, 6.45) is 2.33. The first-order valence-corrected chi connectivity index (χ1v) is 6.52. The quantitative estimate of drug-likeness (QED) is 0.881. The van der Waals surface area contributed by atoms with E-state index in [1.807, 2.05) is 0 Å². The minimum Gasteiger partial charge on any atom is -0.372 e. The number of likely N-dealkylation sites (N-methyl/N-ethyl adjacent to an activating group) is 1. The van der Waals surface area contributed by atoms with Gasteiger partial charge in [0.25, 0.3) is 0 Å². The van der Waals surface area contributed by atoms with Gasteiger partial charge in [-0.3, -0.25) is 0 Å². The van der Waals surface area contributed by atoms with Gasteiger partial charge in [0.2, 0.25) is 0 Å². The van der Waals surface area contributed by atoms with Crippen molar-refractivity contribution < 1.29 is 0 Å². The second-order valence-corrected chi connectivity index (χ2v) is 5.75. The Kier molecular flexibility index (Phi) is 2.19. The first-order chi connectivity index (χ1) is 7.68. The number of nitrogens with zero attached hydrogens (tertiary/aromatic N) is 1. The highest BCUT2D eigenvalue weighted by Crippen LogP contribution is 2.37. The predicted molar refractivity (Wildman–Crippen MR) is 71.2 cm³/mol. The van der Waals surface area contributed by atoms with Crippen LogP contribution in [0.5, 0.6) is 0 Å². The molecule has 0 unspecified atom stereocenters. The molecule has 0 atom stereocenters. The molecule has 1 aromatic carbocycles. The normalized spacial score (nSPS) is 17.6. The van der Waals surface area contributed by atoms with Crippen LogP contribution in [-0.4, -0.2) is 19.1 Å². The van der Waals surface area contributed by atoms with Crippen LogP contribution in [0.3, 0.4) is 0 Å². The zero-order valence-corrected chi connectivity index (χ0v) is 10.3. The van der Waals surface area contributed by atoms with E-state index in [-0.39, 0.29) is 5.54 Å². The van der Waals surface area contributed by atoms with Crippen LogP contribution >= 0.6 is 11.3 Å². The van der Waals surface area contributed by atoms with Gasteiger partial charge in [-0.15, -0.1) is 11.3 Å². The molecule has 0 amide bonds. The van der Waals surface area contributed by atoms with Crippen molar-refractivity contribution in [3.63, 3.8) is 0 Å². The lowest BCUT2D eigenvalue weighted by Crippen LogP contribution is -2.37. The topological polar surface area (TPSA) is 29.3 Å². The van der Waals surface area contributed by atoms with E-state index in [0.717, 1.165) is 6.54 Å². The van der Waals surface area contributed by atoms with Gasteiger partial charge in [-0.05, 0) is 18.9 Å². The van der Waals surface area contributed by atoms with Crippen LogP contribution in [0.4, 0.5) is 5.69 Å². The third-order valence-electron chi connectivity index (χ3n) is 3.32. The zero-order chi connectivity index (χ0) is 11.2. The molecule has 0 radical (unpaired) electrons. The van der Waals surface area contributed by atoms with Gasteiger partial charge < -0.3 is 10.6 Å². The van der Waals surface area contributed by atoms with Gasteiger partial charge >= 0.3 is 0 Å². The highest BCUT2D eigenvalue weighted by atomic mass is 32.1. The molecule has 1 fully saturated rings. The molecule has 1 saturated carbocycles. The van der Waals surface area contributed by atoms with Crippen molar-refractivity contribution in [3.05, 3.63) is 29.6 Å². The van der Waals surface area contributed by atoms with Gasteiger partial charge in [0.1, 0.15) is 0 Å². The summed E-state index contributed by atoms with van der Waals surface area (Å²) in [5.41, 5.74) is 7.56. The van der Waals surface area contributed by atoms with Crippen molar-refractivity contribution >= 4 is 27.1 Å². The summed E-state index contributed by atoms with van der Waals surface area (Å²) in [6.45, 7) is 0.966. The Morgan fingerprint density at radius 1 is 1.38 bits per heavy atom. The van der Waals surface area contributed by atoms with E-state index in [4.69, 9.17) is 5.73 Å². The molecule has 2 aromatic rings. The number of fused-ring (bicyclic) bond motifs is 1. The number of nitrogens with two attached hydrogens (primary N) is 1. The van der Waals surface area contributed by atoms with Crippen LogP contribution in [0.15, 0.2) is 29.6 Å². The van der Waals surface area contributed by atoms with E-state index in [1.54, 1.807) is 11.3 Å². The molecular formula is C13H16N2S. The molecular weight excluding hydrogens is 216 g/mol. The monoisotopic (exact) mass is 232 g/mol. The second kappa shape index (κ2) is 3.47. The molecule has 3 rings (SSSR count). The van der Waals surface area contributed by atoms with Crippen LogP contribution in [0.1, 0.15) is 12.8 Å². The summed E-state index contributed by atoms with van der Waals surface area (Å²) in [4.78, 5) is 2.30. The number of anilines is 1. The molecule has 1 aromatic heterocycles. The lowest BCUT2D eigenvalue weighted by atomic mass is 10.2. The van der Waals surface area contributed by atoms with Gasteiger partial charge in [-0.2, -0.15) is 0 Å². The average molecular weight is 232 g/mol. The number of benzene rings is 1. The van der Waals surface area contributed by atoms with E-state index >= 15 is 0 Å². The molecule has 84 valence electrons. The molecule has 0 spiro atoms. The third-order valence-corrected chi connectivity index (χ3v) is 4.27. The van der Waals surface area contributed by atoms with Crippen molar-refractivity contribution in [2.45, 2.75) is 18.4 Å². The summed E-state index contributed by atoms with van der Waals surface area (Å²) in [6, 6.07) is 8.55. The Morgan fingerprint density at radius 3 is 2.88 bits per heavy atom. The average Bonchev–Trinajstić information content (AvgIpc) is 2.84. The van der Waals surface area contributed by atoms with Crippen molar-refractivity contribution in [3.8, 4) is 0 Å². The molecule has 1 aliphatic carbocycles. The van der Waals surface area contributed by atoms with Crippen molar-refractivity contribution in [2.75, 3.05) is 18.5 Å². The minimum atomic E-state index is 0.0811. The van der Waals surface area contributed by atoms with Gasteiger partial charge in [0.05, 0.1) is 5.69 Å². The fourth-order valence-electron chi connectivity index (χ4n) is 2.14. The van der Waals surface area contributed by atoms with Crippen molar-refractivity contribution in [1.29, 1.82) is 0 Å². The van der Waals surface area contributed by atoms with Crippen LogP contribution in [-0.2, 0) is 0 Å². The standard InChI is InChI=1S/C13H16N2S/c1-15(9-13(14)6-7-13)11-8-16-12-5-3-2-4-10(11)12/h2-5,8H,6-7,9,14H2,1H3. The lowest BCUT2D eigenvalue weighted by molar-refractivity contribution is 0.662. The van der Waals surface area contributed by atoms with Crippen molar-refractivity contribution in [1.82, 2.24) is 0 Å². The molecule has 1 heterocycles. The van der Waals surface area contributed by atoms with Gasteiger partial charge in [0.15, 0.2) is 0 Å². The van der Waals surface area contributed by atoms with Gasteiger partial charge in [0, 0.05) is 34.6 Å². The number of rotatable bonds is 3. The molecule has 0 saturated heterocycles. The highest BCUT2D eigenvalue weighted by molar-refractivity contribution is 7.17. The number of thiophene rings is 1. The van der Waals surface area contributed by atoms with Crippen LogP contribution in [0.2, 0.25) is 0 Å². The summed E-state index contributed by atoms with van der Waals surface area (Å²) in [7, 11) is 2.14. The summed E-state index contributed by atoms with van der Waals surface area (Å²) >= 11 is 1.81. The number of hydrogen-bond donors (Lipinski definition) is 1. The fourth-order valence-corrected chi connectivity index (χ4v) is 3.14. The lowest BCUT2D eigenvalue weighted by Gasteiger charge is -2.22. The first-order valence-electron chi connectivity index (χ1n) is 5.64. The Balaban J connectivity index is 1.93. The Bertz CT molecular complexity index is 513. The zero-order valence-electron chi connectivity index (χ0n) is 9.44. The largest absolute Gasteiger partial charge is 0.372 e. The third kappa shape index (κ3) is 1.70. The molecule has 2 N–H and O–H groups in total. The molecule has 16 heavy (non-hydrogen) atoms. The van der Waals surface area contributed by atoms with Crippen LogP contribution < -0.4 is 10.6 Å². The van der Waals surface area contributed by atoms with Crippen molar-refractivity contribution in [2.24, 2.45) is 5.73 Å². The Hall–Kier alpha value is -1.06. The maximum Gasteiger partial charge on any atom is 0.0552 e. The molecule has 2 nitrogen and oxygen atoms in total. The molecule has 0 bridgehead atoms. The summed E-state index contributed by atoms with van der Waals surface area (Å²) in [5.74, 6) is 0. The van der Waals surface area contributed by atoms with E-state index in [9.17, 15) is 0 Å². The second-order valence-electron chi connectivity index (χ2n) is 4.84. The first kappa shape index (κ1) is 10.1. The summed E-state index contributed by atoms with van der Waals surface area (Å²) < 4.78 is 1.35. The van der Waals surface area contributed by atoms with Crippen LogP contribution in [0, 0.1) is 0 Å².